The summed E-state index contributed by atoms with van der Waals surface area (Å²) in [7, 11) is -3.50. The van der Waals surface area contributed by atoms with Crippen molar-refractivity contribution >= 4 is 30.3 Å². The minimum absolute atomic E-state index is 0.0227. The van der Waals surface area contributed by atoms with Crippen LogP contribution in [0.1, 0.15) is 12.5 Å². The first kappa shape index (κ1) is 22.0. The Morgan fingerprint density at radius 2 is 1.96 bits per heavy atom. The van der Waals surface area contributed by atoms with Crippen LogP contribution in [0, 0.1) is 10.1 Å². The summed E-state index contributed by atoms with van der Waals surface area (Å²) in [5.41, 5.74) is -1.38. The maximum absolute atomic E-state index is 12.7. The highest BCUT2D eigenvalue weighted by molar-refractivity contribution is 7.58. The lowest BCUT2D eigenvalue weighted by Gasteiger charge is -2.14. The van der Waals surface area contributed by atoms with E-state index in [1.165, 1.54) is 19.1 Å². The zero-order valence-corrected chi connectivity index (χ0v) is 16.0. The Morgan fingerprint density at radius 3 is 2.50 bits per heavy atom. The molecular formula is C16H15ClF3N2O5P. The topological polar surface area (TPSA) is 102 Å². The number of nitrogens with one attached hydrogen (secondary N) is 1. The molecule has 0 aliphatic carbocycles. The van der Waals surface area contributed by atoms with Gasteiger partial charge in [-0.1, -0.05) is 18.5 Å². The lowest BCUT2D eigenvalue weighted by Crippen LogP contribution is -2.06. The minimum Gasteiger partial charge on any atom is -0.456 e. The van der Waals surface area contributed by atoms with Crippen LogP contribution in [0.15, 0.2) is 36.4 Å². The molecule has 0 aromatic heterocycles. The highest BCUT2D eigenvalue weighted by Crippen LogP contribution is 2.41. The number of rotatable bonds is 7. The maximum atomic E-state index is 12.7. The number of benzene rings is 2. The van der Waals surface area contributed by atoms with Crippen molar-refractivity contribution in [3.8, 4) is 11.5 Å². The molecule has 2 aromatic carbocycles. The van der Waals surface area contributed by atoms with Crippen LogP contribution in [-0.2, 0) is 10.7 Å². The van der Waals surface area contributed by atoms with E-state index >= 15 is 0 Å². The Morgan fingerprint density at radius 1 is 1.29 bits per heavy atom. The molecule has 1 atom stereocenters. The van der Waals surface area contributed by atoms with E-state index in [0.29, 0.717) is 6.07 Å². The van der Waals surface area contributed by atoms with Gasteiger partial charge in [0, 0.05) is 18.3 Å². The minimum atomic E-state index is -4.57. The van der Waals surface area contributed by atoms with Crippen molar-refractivity contribution in [1.82, 2.24) is 0 Å². The maximum Gasteiger partial charge on any atom is 0.416 e. The summed E-state index contributed by atoms with van der Waals surface area (Å²) >= 11 is 5.83. The molecule has 2 rings (SSSR count). The Kier molecular flexibility index (Phi) is 6.59. The second-order valence-electron chi connectivity index (χ2n) is 5.68. The summed E-state index contributed by atoms with van der Waals surface area (Å²) in [5.74, 6) is -0.0464. The first-order valence-electron chi connectivity index (χ1n) is 7.80. The van der Waals surface area contributed by atoms with Crippen LogP contribution in [-0.4, -0.2) is 22.3 Å². The van der Waals surface area contributed by atoms with Crippen molar-refractivity contribution in [2.45, 2.75) is 13.1 Å². The summed E-state index contributed by atoms with van der Waals surface area (Å²) in [4.78, 5) is 20.1. The quantitative estimate of drug-likeness (QED) is 0.326. The van der Waals surface area contributed by atoms with Gasteiger partial charge < -0.3 is 14.9 Å². The molecule has 2 aromatic rings. The van der Waals surface area contributed by atoms with Crippen LogP contribution < -0.4 is 10.1 Å². The van der Waals surface area contributed by atoms with E-state index in [1.807, 2.05) is 0 Å². The molecule has 12 heteroatoms. The van der Waals surface area contributed by atoms with Crippen LogP contribution in [0.3, 0.4) is 0 Å². The zero-order chi connectivity index (χ0) is 21.1. The predicted octanol–water partition coefficient (Wildman–Crippen LogP) is 5.72. The van der Waals surface area contributed by atoms with Crippen LogP contribution >= 0.6 is 19.0 Å². The molecule has 0 saturated carbocycles. The zero-order valence-electron chi connectivity index (χ0n) is 14.4. The lowest BCUT2D eigenvalue weighted by molar-refractivity contribution is -0.384. The highest BCUT2D eigenvalue weighted by Gasteiger charge is 2.31. The third-order valence-corrected chi connectivity index (χ3v) is 5.60. The van der Waals surface area contributed by atoms with Gasteiger partial charge in [0.1, 0.15) is 17.2 Å². The number of nitro groups is 1. The standard InChI is InChI=1S/C16H15ClF3N2O5P/c1-2-28(25,26)9-21-13-8-11(4-5-14(13)22(23)24)27-15-6-3-10(7-12(15)17)16(18,19)20/h3-8,21H,2,9H2,1H3,(H,25,26). The molecule has 0 fully saturated rings. The van der Waals surface area contributed by atoms with Crippen molar-refractivity contribution < 1.29 is 32.3 Å². The van der Waals surface area contributed by atoms with Gasteiger partial charge in [0.25, 0.3) is 5.69 Å². The molecule has 28 heavy (non-hydrogen) atoms. The normalized spacial score (nSPS) is 13.6. The predicted molar refractivity (Wildman–Crippen MR) is 98.5 cm³/mol. The van der Waals surface area contributed by atoms with E-state index in [9.17, 15) is 32.7 Å². The number of ether oxygens (including phenoxy) is 1. The number of hydrogen-bond donors (Lipinski definition) is 2. The fourth-order valence-electron chi connectivity index (χ4n) is 2.09. The second kappa shape index (κ2) is 8.38. The van der Waals surface area contributed by atoms with Crippen LogP contribution in [0.25, 0.3) is 0 Å². The Bertz CT molecular complexity index is 939. The van der Waals surface area contributed by atoms with E-state index in [1.54, 1.807) is 0 Å². The Hall–Kier alpha value is -2.29. The molecule has 0 heterocycles. The van der Waals surface area contributed by atoms with Gasteiger partial charge in [0.2, 0.25) is 7.37 Å². The molecular weight excluding hydrogens is 424 g/mol. The van der Waals surface area contributed by atoms with Gasteiger partial charge >= 0.3 is 6.18 Å². The fourth-order valence-corrected chi connectivity index (χ4v) is 2.95. The van der Waals surface area contributed by atoms with Gasteiger partial charge in [-0.25, -0.2) is 0 Å². The molecule has 0 spiro atoms. The van der Waals surface area contributed by atoms with Gasteiger partial charge in [-0.2, -0.15) is 13.2 Å². The first-order valence-corrected chi connectivity index (χ1v) is 10.2. The summed E-state index contributed by atoms with van der Waals surface area (Å²) in [6, 6.07) is 6.04. The fraction of sp³-hybridized carbons (Fsp3) is 0.250. The highest BCUT2D eigenvalue weighted by atomic mass is 35.5. The van der Waals surface area contributed by atoms with Gasteiger partial charge in [0.05, 0.1) is 21.8 Å². The van der Waals surface area contributed by atoms with Crippen molar-refractivity contribution in [3.05, 3.63) is 57.1 Å². The summed E-state index contributed by atoms with van der Waals surface area (Å²) in [6.07, 6.45) is -4.98. The molecule has 0 saturated heterocycles. The Labute approximate surface area is 162 Å². The smallest absolute Gasteiger partial charge is 0.416 e. The van der Waals surface area contributed by atoms with Crippen LogP contribution in [0.4, 0.5) is 24.5 Å². The van der Waals surface area contributed by atoms with Gasteiger partial charge in [-0.3, -0.25) is 14.7 Å². The van der Waals surface area contributed by atoms with Crippen molar-refractivity contribution in [2.75, 3.05) is 17.8 Å². The van der Waals surface area contributed by atoms with E-state index in [4.69, 9.17) is 16.3 Å². The lowest BCUT2D eigenvalue weighted by atomic mass is 10.2. The summed E-state index contributed by atoms with van der Waals surface area (Å²) in [6.45, 7) is 1.50. The third kappa shape index (κ3) is 5.60. The molecule has 7 nitrogen and oxygen atoms in total. The molecule has 2 N–H and O–H groups in total. The Balaban J connectivity index is 2.30. The average Bonchev–Trinajstić information content (AvgIpc) is 2.61. The summed E-state index contributed by atoms with van der Waals surface area (Å²) < 4.78 is 55.3. The van der Waals surface area contributed by atoms with E-state index in [-0.39, 0.29) is 34.1 Å². The average molecular weight is 439 g/mol. The molecule has 0 amide bonds. The third-order valence-electron chi connectivity index (χ3n) is 3.66. The van der Waals surface area contributed by atoms with Crippen molar-refractivity contribution in [1.29, 1.82) is 0 Å². The second-order valence-corrected chi connectivity index (χ2v) is 8.73. The van der Waals surface area contributed by atoms with Crippen molar-refractivity contribution in [2.24, 2.45) is 0 Å². The van der Waals surface area contributed by atoms with Crippen molar-refractivity contribution in [3.63, 3.8) is 0 Å². The largest absolute Gasteiger partial charge is 0.456 e. The van der Waals surface area contributed by atoms with E-state index < -0.39 is 30.3 Å². The molecule has 0 bridgehead atoms. The molecule has 0 radical (unpaired) electrons. The molecule has 152 valence electrons. The van der Waals surface area contributed by atoms with E-state index in [2.05, 4.69) is 5.32 Å². The van der Waals surface area contributed by atoms with Gasteiger partial charge in [0.15, 0.2) is 0 Å². The van der Waals surface area contributed by atoms with Gasteiger partial charge in [-0.05, 0) is 24.3 Å². The number of anilines is 1. The number of hydrogen-bond acceptors (Lipinski definition) is 5. The number of nitrogens with zero attached hydrogens (tertiary/aromatic N) is 1. The van der Waals surface area contributed by atoms with Crippen LogP contribution in [0.2, 0.25) is 5.02 Å². The number of alkyl halides is 3. The number of nitro benzene ring substituents is 1. The van der Waals surface area contributed by atoms with Crippen LogP contribution in [0.5, 0.6) is 11.5 Å². The molecule has 0 aliphatic rings. The molecule has 1 unspecified atom stereocenters. The molecule has 0 aliphatic heterocycles. The monoisotopic (exact) mass is 438 g/mol. The summed E-state index contributed by atoms with van der Waals surface area (Å²) in [5, 5.41) is 13.4. The van der Waals surface area contributed by atoms with E-state index in [0.717, 1.165) is 18.2 Å². The first-order chi connectivity index (χ1) is 12.9. The SMILES string of the molecule is CCP(=O)(O)CNc1cc(Oc2ccc(C(F)(F)F)cc2Cl)ccc1[N+](=O)[O-]. The van der Waals surface area contributed by atoms with Gasteiger partial charge in [-0.15, -0.1) is 0 Å². The number of halogens is 4.